The minimum atomic E-state index is 0.474. The molecule has 2 heterocycles. The monoisotopic (exact) mass is 165 g/mol. The second kappa shape index (κ2) is 3.58. The molecule has 2 rings (SSSR count). The van der Waals surface area contributed by atoms with Crippen LogP contribution in [0, 0.1) is 0 Å². The Hall–Kier alpha value is -1.03. The van der Waals surface area contributed by atoms with Crippen molar-refractivity contribution in [1.29, 1.82) is 0 Å². The van der Waals surface area contributed by atoms with E-state index in [-0.39, 0.29) is 0 Å². The SMILES string of the molecule is c1ncnc(C2CCOCC2)n1. The van der Waals surface area contributed by atoms with Gasteiger partial charge in [0.25, 0.3) is 0 Å². The van der Waals surface area contributed by atoms with Crippen molar-refractivity contribution >= 4 is 0 Å². The maximum atomic E-state index is 5.25. The molecule has 0 radical (unpaired) electrons. The largest absolute Gasteiger partial charge is 0.381 e. The highest BCUT2D eigenvalue weighted by Gasteiger charge is 2.17. The summed E-state index contributed by atoms with van der Waals surface area (Å²) in [4.78, 5) is 12.0. The van der Waals surface area contributed by atoms with E-state index >= 15 is 0 Å². The molecule has 0 atom stereocenters. The lowest BCUT2D eigenvalue weighted by Crippen LogP contribution is -2.16. The lowest BCUT2D eigenvalue weighted by atomic mass is 10.00. The average Bonchev–Trinajstić information content (AvgIpc) is 2.21. The summed E-state index contributed by atoms with van der Waals surface area (Å²) in [5, 5.41) is 0. The van der Waals surface area contributed by atoms with Gasteiger partial charge in [-0.2, -0.15) is 0 Å². The molecule has 1 aliphatic rings. The van der Waals surface area contributed by atoms with Crippen LogP contribution in [0.5, 0.6) is 0 Å². The normalized spacial score (nSPS) is 19.3. The molecule has 1 saturated heterocycles. The maximum Gasteiger partial charge on any atom is 0.135 e. The molecule has 4 heteroatoms. The predicted molar refractivity (Wildman–Crippen MR) is 42.6 cm³/mol. The summed E-state index contributed by atoms with van der Waals surface area (Å²) in [6, 6.07) is 0. The van der Waals surface area contributed by atoms with E-state index in [0.29, 0.717) is 5.92 Å². The number of aromatic nitrogens is 3. The first-order valence-electron chi connectivity index (χ1n) is 4.16. The molecule has 4 nitrogen and oxygen atoms in total. The van der Waals surface area contributed by atoms with Crippen molar-refractivity contribution in [3.8, 4) is 0 Å². The van der Waals surface area contributed by atoms with Crippen LogP contribution in [-0.4, -0.2) is 28.2 Å². The molecular formula is C8H11N3O. The molecule has 0 aliphatic carbocycles. The van der Waals surface area contributed by atoms with Gasteiger partial charge in [-0.05, 0) is 12.8 Å². The standard InChI is InChI=1S/C8H11N3O/c1-3-12-4-2-7(1)8-10-5-9-6-11-8/h5-7H,1-4H2. The Morgan fingerprint density at radius 2 is 1.83 bits per heavy atom. The van der Waals surface area contributed by atoms with Crippen molar-refractivity contribution in [2.24, 2.45) is 0 Å². The van der Waals surface area contributed by atoms with Gasteiger partial charge in [0.1, 0.15) is 18.5 Å². The maximum absolute atomic E-state index is 5.25. The molecule has 0 amide bonds. The van der Waals surface area contributed by atoms with Gasteiger partial charge in [-0.25, -0.2) is 15.0 Å². The third-order valence-corrected chi connectivity index (χ3v) is 2.10. The highest BCUT2D eigenvalue weighted by Crippen LogP contribution is 2.22. The van der Waals surface area contributed by atoms with Crippen molar-refractivity contribution in [2.45, 2.75) is 18.8 Å². The summed E-state index contributed by atoms with van der Waals surface area (Å²) < 4.78 is 5.25. The van der Waals surface area contributed by atoms with Gasteiger partial charge in [0.2, 0.25) is 0 Å². The van der Waals surface area contributed by atoms with Crippen LogP contribution in [0.1, 0.15) is 24.6 Å². The molecule has 64 valence electrons. The second-order valence-electron chi connectivity index (χ2n) is 2.88. The van der Waals surface area contributed by atoms with E-state index in [2.05, 4.69) is 15.0 Å². The summed E-state index contributed by atoms with van der Waals surface area (Å²) in [5.41, 5.74) is 0. The summed E-state index contributed by atoms with van der Waals surface area (Å²) in [6.45, 7) is 1.66. The zero-order valence-corrected chi connectivity index (χ0v) is 6.81. The van der Waals surface area contributed by atoms with Crippen molar-refractivity contribution in [3.63, 3.8) is 0 Å². The molecule has 0 bridgehead atoms. The molecule has 1 fully saturated rings. The summed E-state index contributed by atoms with van der Waals surface area (Å²) in [6.07, 6.45) is 5.17. The highest BCUT2D eigenvalue weighted by molar-refractivity contribution is 4.94. The zero-order chi connectivity index (χ0) is 8.23. The first kappa shape index (κ1) is 7.61. The molecule has 1 aromatic heterocycles. The van der Waals surface area contributed by atoms with Gasteiger partial charge in [0.15, 0.2) is 0 Å². The van der Waals surface area contributed by atoms with E-state index in [1.807, 2.05) is 0 Å². The van der Waals surface area contributed by atoms with E-state index in [1.165, 1.54) is 0 Å². The van der Waals surface area contributed by atoms with Gasteiger partial charge in [-0.3, -0.25) is 0 Å². The number of ether oxygens (including phenoxy) is 1. The van der Waals surface area contributed by atoms with Crippen molar-refractivity contribution in [1.82, 2.24) is 15.0 Å². The lowest BCUT2D eigenvalue weighted by Gasteiger charge is -2.19. The fourth-order valence-electron chi connectivity index (χ4n) is 1.41. The van der Waals surface area contributed by atoms with Crippen LogP contribution in [0.25, 0.3) is 0 Å². The van der Waals surface area contributed by atoms with Crippen LogP contribution >= 0.6 is 0 Å². The smallest absolute Gasteiger partial charge is 0.135 e. The van der Waals surface area contributed by atoms with Gasteiger partial charge >= 0.3 is 0 Å². The van der Waals surface area contributed by atoms with Gasteiger partial charge in [0.05, 0.1) is 0 Å². The van der Waals surface area contributed by atoms with Gasteiger partial charge < -0.3 is 4.74 Å². The van der Waals surface area contributed by atoms with Crippen LogP contribution in [-0.2, 0) is 4.74 Å². The summed E-state index contributed by atoms with van der Waals surface area (Å²) in [5.74, 6) is 1.38. The van der Waals surface area contributed by atoms with E-state index in [4.69, 9.17) is 4.74 Å². The van der Waals surface area contributed by atoms with Crippen molar-refractivity contribution < 1.29 is 4.74 Å². The van der Waals surface area contributed by atoms with Crippen LogP contribution in [0.15, 0.2) is 12.7 Å². The molecule has 0 aromatic carbocycles. The number of nitrogens with zero attached hydrogens (tertiary/aromatic N) is 3. The van der Waals surface area contributed by atoms with Crippen LogP contribution in [0.4, 0.5) is 0 Å². The number of rotatable bonds is 1. The molecule has 12 heavy (non-hydrogen) atoms. The minimum absolute atomic E-state index is 0.474. The van der Waals surface area contributed by atoms with E-state index in [1.54, 1.807) is 12.7 Å². The molecule has 0 unspecified atom stereocenters. The van der Waals surface area contributed by atoms with E-state index < -0.39 is 0 Å². The summed E-state index contributed by atoms with van der Waals surface area (Å²) in [7, 11) is 0. The van der Waals surface area contributed by atoms with E-state index in [0.717, 1.165) is 31.9 Å². The molecule has 0 spiro atoms. The van der Waals surface area contributed by atoms with Gasteiger partial charge in [0, 0.05) is 19.1 Å². The third-order valence-electron chi connectivity index (χ3n) is 2.10. The Balaban J connectivity index is 2.08. The predicted octanol–water partition coefficient (Wildman–Crippen LogP) is 0.766. The Kier molecular flexibility index (Phi) is 2.27. The van der Waals surface area contributed by atoms with Crippen LogP contribution in [0.3, 0.4) is 0 Å². The molecule has 1 aromatic rings. The Labute approximate surface area is 71.0 Å². The van der Waals surface area contributed by atoms with Crippen molar-refractivity contribution in [3.05, 3.63) is 18.5 Å². The van der Waals surface area contributed by atoms with Crippen LogP contribution < -0.4 is 0 Å². The fraction of sp³-hybridized carbons (Fsp3) is 0.625. The fourth-order valence-corrected chi connectivity index (χ4v) is 1.41. The topological polar surface area (TPSA) is 47.9 Å². The Morgan fingerprint density at radius 3 is 2.50 bits per heavy atom. The first-order chi connectivity index (χ1) is 5.97. The second-order valence-corrected chi connectivity index (χ2v) is 2.88. The zero-order valence-electron chi connectivity index (χ0n) is 6.81. The van der Waals surface area contributed by atoms with E-state index in [9.17, 15) is 0 Å². The first-order valence-corrected chi connectivity index (χ1v) is 4.16. The minimum Gasteiger partial charge on any atom is -0.381 e. The van der Waals surface area contributed by atoms with Gasteiger partial charge in [-0.1, -0.05) is 0 Å². The number of hydrogen-bond donors (Lipinski definition) is 0. The molecule has 0 N–H and O–H groups in total. The van der Waals surface area contributed by atoms with Gasteiger partial charge in [-0.15, -0.1) is 0 Å². The molecule has 0 saturated carbocycles. The molecular weight excluding hydrogens is 154 g/mol. The Bertz CT molecular complexity index is 233. The van der Waals surface area contributed by atoms with Crippen molar-refractivity contribution in [2.75, 3.05) is 13.2 Å². The lowest BCUT2D eigenvalue weighted by molar-refractivity contribution is 0.0835. The summed E-state index contributed by atoms with van der Waals surface area (Å²) >= 11 is 0. The average molecular weight is 165 g/mol. The van der Waals surface area contributed by atoms with Crippen LogP contribution in [0.2, 0.25) is 0 Å². The third kappa shape index (κ3) is 1.58. The Morgan fingerprint density at radius 1 is 1.17 bits per heavy atom. The highest BCUT2D eigenvalue weighted by atomic mass is 16.5. The quantitative estimate of drug-likeness (QED) is 0.616. The number of hydrogen-bond acceptors (Lipinski definition) is 4. The molecule has 1 aliphatic heterocycles.